The Hall–Kier alpha value is -3.00. The molecule has 0 amide bonds. The van der Waals surface area contributed by atoms with Crippen LogP contribution in [0.2, 0.25) is 0 Å². The zero-order valence-electron chi connectivity index (χ0n) is 15.3. The molecule has 144 valence electrons. The Morgan fingerprint density at radius 1 is 1.18 bits per heavy atom. The Bertz CT molecular complexity index is 1010. The summed E-state index contributed by atoms with van der Waals surface area (Å²) in [4.78, 5) is 13.3. The largest absolute Gasteiger partial charge is 0.391 e. The zero-order valence-corrected chi connectivity index (χ0v) is 15.3. The molecule has 1 saturated heterocycles. The van der Waals surface area contributed by atoms with Gasteiger partial charge in [0.25, 0.3) is 0 Å². The zero-order chi connectivity index (χ0) is 19.1. The first kappa shape index (κ1) is 17.1. The van der Waals surface area contributed by atoms with Crippen molar-refractivity contribution in [3.8, 4) is 11.3 Å². The fraction of sp³-hybridized carbons (Fsp3) is 0.350. The molecule has 1 N–H and O–H groups in total. The van der Waals surface area contributed by atoms with Gasteiger partial charge in [0.15, 0.2) is 0 Å². The van der Waals surface area contributed by atoms with Gasteiger partial charge in [-0.25, -0.2) is 9.37 Å². The van der Waals surface area contributed by atoms with Gasteiger partial charge in [-0.1, -0.05) is 17.3 Å². The minimum absolute atomic E-state index is 0.300. The lowest BCUT2D eigenvalue weighted by Crippen LogP contribution is -2.32. The quantitative estimate of drug-likeness (QED) is 0.746. The van der Waals surface area contributed by atoms with E-state index in [2.05, 4.69) is 19.9 Å². The summed E-state index contributed by atoms with van der Waals surface area (Å²) in [5, 5.41) is 14.0. The van der Waals surface area contributed by atoms with Crippen LogP contribution in [-0.4, -0.2) is 46.0 Å². The summed E-state index contributed by atoms with van der Waals surface area (Å²) in [6.45, 7) is 2.65. The summed E-state index contributed by atoms with van der Waals surface area (Å²) < 4.78 is 19.1. The highest BCUT2D eigenvalue weighted by atomic mass is 19.1. The summed E-state index contributed by atoms with van der Waals surface area (Å²) in [6.07, 6.45) is 2.89. The Labute approximate surface area is 161 Å². The lowest BCUT2D eigenvalue weighted by atomic mass is 10.0. The molecule has 3 aromatic rings. The van der Waals surface area contributed by atoms with E-state index in [4.69, 9.17) is 9.51 Å². The first-order valence-electron chi connectivity index (χ1n) is 9.42. The molecule has 1 aromatic carbocycles. The molecule has 2 aromatic heterocycles. The fourth-order valence-corrected chi connectivity index (χ4v) is 3.86. The van der Waals surface area contributed by atoms with Crippen LogP contribution in [-0.2, 0) is 13.0 Å². The summed E-state index contributed by atoms with van der Waals surface area (Å²) in [6, 6.07) is 8.25. The number of aliphatic hydroxyl groups excluding tert-OH is 1. The van der Waals surface area contributed by atoms with Crippen LogP contribution >= 0.6 is 0 Å². The van der Waals surface area contributed by atoms with E-state index in [0.717, 1.165) is 36.7 Å². The van der Waals surface area contributed by atoms with Crippen molar-refractivity contribution in [2.24, 2.45) is 0 Å². The first-order chi connectivity index (χ1) is 13.7. The Morgan fingerprint density at radius 3 is 2.93 bits per heavy atom. The Balaban J connectivity index is 1.43. The number of benzene rings is 1. The third-order valence-corrected chi connectivity index (χ3v) is 5.32. The van der Waals surface area contributed by atoms with Gasteiger partial charge in [-0.3, -0.25) is 0 Å². The monoisotopic (exact) mass is 381 g/mol. The van der Waals surface area contributed by atoms with Gasteiger partial charge in [0.05, 0.1) is 12.6 Å². The number of rotatable bonds is 3. The molecule has 2 aliphatic rings. The van der Waals surface area contributed by atoms with Crippen LogP contribution in [0.15, 0.2) is 41.1 Å². The highest BCUT2D eigenvalue weighted by Gasteiger charge is 2.27. The van der Waals surface area contributed by atoms with E-state index in [9.17, 15) is 9.50 Å². The minimum atomic E-state index is -0.304. The Morgan fingerprint density at radius 2 is 2.11 bits per heavy atom. The van der Waals surface area contributed by atoms with Crippen molar-refractivity contribution in [3.63, 3.8) is 0 Å². The summed E-state index contributed by atoms with van der Waals surface area (Å²) in [5.74, 6) is 1.99. The number of fused-ring (bicyclic) bond motifs is 1. The van der Waals surface area contributed by atoms with Crippen LogP contribution in [0.25, 0.3) is 11.3 Å². The van der Waals surface area contributed by atoms with Crippen molar-refractivity contribution < 1.29 is 14.0 Å². The minimum Gasteiger partial charge on any atom is -0.391 e. The molecular weight excluding hydrogens is 361 g/mol. The lowest BCUT2D eigenvalue weighted by molar-refractivity contribution is 0.198. The maximum Gasteiger partial charge on any atom is 0.227 e. The fourth-order valence-electron chi connectivity index (χ4n) is 3.86. The average molecular weight is 381 g/mol. The van der Waals surface area contributed by atoms with E-state index in [-0.39, 0.29) is 11.9 Å². The van der Waals surface area contributed by atoms with Gasteiger partial charge in [0.1, 0.15) is 23.1 Å². The number of aromatic nitrogens is 3. The van der Waals surface area contributed by atoms with Crippen molar-refractivity contribution in [3.05, 3.63) is 53.7 Å². The van der Waals surface area contributed by atoms with Gasteiger partial charge in [-0.2, -0.15) is 4.98 Å². The number of β-amino-alcohol motifs (C(OH)–C–C–N with tert-alkyl or cyclic N) is 1. The van der Waals surface area contributed by atoms with Gasteiger partial charge in [0, 0.05) is 43.4 Å². The van der Waals surface area contributed by atoms with Crippen molar-refractivity contribution in [2.75, 3.05) is 29.4 Å². The SMILES string of the molecule is OC1CCN(c2ccnc(N3CCc4onc(-c5cccc(F)c5)c4C3)n2)C1. The van der Waals surface area contributed by atoms with Crippen molar-refractivity contribution in [1.82, 2.24) is 15.1 Å². The Kier molecular flexibility index (Phi) is 4.20. The van der Waals surface area contributed by atoms with Crippen molar-refractivity contribution in [1.29, 1.82) is 0 Å². The molecule has 4 heterocycles. The number of aliphatic hydroxyl groups is 1. The number of halogens is 1. The second kappa shape index (κ2) is 6.87. The molecule has 7 nitrogen and oxygen atoms in total. The third-order valence-electron chi connectivity index (χ3n) is 5.32. The van der Waals surface area contributed by atoms with Gasteiger partial charge in [-0.15, -0.1) is 0 Å². The standard InChI is InChI=1S/C20H20FN5O2/c21-14-3-1-2-13(10-14)19-16-12-26(9-6-17(16)28-24-19)20-22-7-4-18(23-20)25-8-5-15(27)11-25/h1-4,7,10,15,27H,5-6,8-9,11-12H2. The maximum atomic E-state index is 13.6. The second-order valence-electron chi connectivity index (χ2n) is 7.22. The molecule has 2 aliphatic heterocycles. The van der Waals surface area contributed by atoms with Crippen LogP contribution in [0.1, 0.15) is 17.7 Å². The highest BCUT2D eigenvalue weighted by molar-refractivity contribution is 5.64. The number of hydrogen-bond donors (Lipinski definition) is 1. The van der Waals surface area contributed by atoms with Crippen LogP contribution in [0.3, 0.4) is 0 Å². The smallest absolute Gasteiger partial charge is 0.227 e. The molecule has 1 unspecified atom stereocenters. The number of anilines is 2. The molecule has 8 heteroatoms. The second-order valence-corrected chi connectivity index (χ2v) is 7.22. The van der Waals surface area contributed by atoms with Gasteiger partial charge in [-0.05, 0) is 24.6 Å². The van der Waals surface area contributed by atoms with E-state index in [1.165, 1.54) is 12.1 Å². The van der Waals surface area contributed by atoms with Crippen LogP contribution in [0.5, 0.6) is 0 Å². The molecular formula is C20H20FN5O2. The molecule has 0 bridgehead atoms. The number of nitrogens with zero attached hydrogens (tertiary/aromatic N) is 5. The first-order valence-corrected chi connectivity index (χ1v) is 9.42. The van der Waals surface area contributed by atoms with Crippen LogP contribution < -0.4 is 9.80 Å². The predicted octanol–water partition coefficient (Wildman–Crippen LogP) is 2.40. The third kappa shape index (κ3) is 3.09. The van der Waals surface area contributed by atoms with Crippen LogP contribution in [0.4, 0.5) is 16.2 Å². The van der Waals surface area contributed by atoms with Crippen molar-refractivity contribution >= 4 is 11.8 Å². The average Bonchev–Trinajstić information content (AvgIpc) is 3.34. The van der Waals surface area contributed by atoms with Crippen LogP contribution in [0, 0.1) is 5.82 Å². The van der Waals surface area contributed by atoms with Crippen molar-refractivity contribution in [2.45, 2.75) is 25.5 Å². The normalized spacial score (nSPS) is 19.1. The maximum absolute atomic E-state index is 13.6. The van der Waals surface area contributed by atoms with Gasteiger partial charge < -0.3 is 19.4 Å². The van der Waals surface area contributed by atoms with E-state index in [1.807, 2.05) is 12.1 Å². The van der Waals surface area contributed by atoms with Gasteiger partial charge in [0.2, 0.25) is 5.95 Å². The number of hydrogen-bond acceptors (Lipinski definition) is 7. The molecule has 0 radical (unpaired) electrons. The summed E-state index contributed by atoms with van der Waals surface area (Å²) in [5.41, 5.74) is 2.31. The molecule has 0 saturated carbocycles. The van der Waals surface area contributed by atoms with E-state index < -0.39 is 0 Å². The van der Waals surface area contributed by atoms with E-state index in [0.29, 0.717) is 36.7 Å². The molecule has 28 heavy (non-hydrogen) atoms. The molecule has 0 aliphatic carbocycles. The van der Waals surface area contributed by atoms with E-state index >= 15 is 0 Å². The lowest BCUT2D eigenvalue weighted by Gasteiger charge is -2.27. The summed E-state index contributed by atoms with van der Waals surface area (Å²) in [7, 11) is 0. The molecule has 0 spiro atoms. The highest BCUT2D eigenvalue weighted by Crippen LogP contribution is 2.32. The topological polar surface area (TPSA) is 78.5 Å². The van der Waals surface area contributed by atoms with Gasteiger partial charge >= 0.3 is 0 Å². The summed E-state index contributed by atoms with van der Waals surface area (Å²) >= 11 is 0. The molecule has 5 rings (SSSR count). The molecule has 1 fully saturated rings. The predicted molar refractivity (Wildman–Crippen MR) is 102 cm³/mol. The van der Waals surface area contributed by atoms with E-state index in [1.54, 1.807) is 12.3 Å². The molecule has 1 atom stereocenters.